The number of hydrogen-bond donors (Lipinski definition) is 4. The Morgan fingerprint density at radius 1 is 0.170 bits per heavy atom. The standard InChI is InChI=1S/C48H30N2.C46H34N2.C22H18N2.C12H9Br/c1-3-17-35-29(13-1)31-15-5-9-21-41(31)49-43-23-11-7-19-37(43)45-33-26-28-40-46(34(33)25-27-39(45)47(35)49)38-20-8-12-24-44(38)50-42-22-10-6-16-32(42)30-14-2-4-18-36(30)48(40)50;1-3-17-33(18-4-1)35-21-7-11-29-43(35)47-45-31-13-9-23-41(45)39-27-15-26-38-37(39)25-16-28-40(38)42-24-10-14-32-46(42)48-44-30-12-8-22-36(44)34-19-5-2-6-20-34;23-21-13-3-1-7-19(21)17-11-5-10-16-15(17)9-6-12-18(16)20-8-2-4-14-22(20)24;13-12-9-5-4-8-11(12)10-6-2-1-3-7-10/h1-28,47-48H;1-32,47-48H;1-14H,23-24H2;1-9H. The van der Waals surface area contributed by atoms with Crippen molar-refractivity contribution in [2.45, 2.75) is 12.1 Å². The van der Waals surface area contributed by atoms with Crippen LogP contribution in [0.15, 0.2) is 508 Å². The Kier molecular flexibility index (Phi) is 21.9. The highest BCUT2D eigenvalue weighted by molar-refractivity contribution is 9.10. The van der Waals surface area contributed by atoms with Crippen LogP contribution in [-0.4, -0.2) is 0 Å². The van der Waals surface area contributed by atoms with E-state index in [2.05, 4.69) is 485 Å². The minimum absolute atomic E-state index is 0.0796. The molecule has 0 aliphatic carbocycles. The van der Waals surface area contributed by atoms with E-state index in [9.17, 15) is 0 Å². The molecule has 0 bridgehead atoms. The molecule has 22 aromatic carbocycles. The molecular formula is C128H91BrN6. The summed E-state index contributed by atoms with van der Waals surface area (Å²) >= 11 is 3.53. The lowest BCUT2D eigenvalue weighted by atomic mass is 9.74. The first-order chi connectivity index (χ1) is 66.8. The Labute approximate surface area is 795 Å². The van der Waals surface area contributed by atoms with Crippen LogP contribution in [0.4, 0.5) is 56.9 Å². The number of rotatable bonds is 11. The lowest BCUT2D eigenvalue weighted by molar-refractivity contribution is 0.801. The molecule has 0 aromatic heterocycles. The monoisotopic (exact) mass is 1790 g/mol. The van der Waals surface area contributed by atoms with Gasteiger partial charge in [-0.3, -0.25) is 0 Å². The Balaban J connectivity index is 0.000000112. The average molecular weight is 1790 g/mol. The van der Waals surface area contributed by atoms with E-state index in [1.54, 1.807) is 0 Å². The molecule has 2 atom stereocenters. The van der Waals surface area contributed by atoms with Gasteiger partial charge in [0, 0.05) is 117 Å². The molecule has 135 heavy (non-hydrogen) atoms. The first kappa shape index (κ1) is 82.3. The van der Waals surface area contributed by atoms with Crippen molar-refractivity contribution in [1.82, 2.24) is 0 Å². The van der Waals surface area contributed by atoms with Crippen LogP contribution in [0.3, 0.4) is 0 Å². The molecule has 0 spiro atoms. The smallest absolute Gasteiger partial charge is 0.0857 e. The first-order valence-electron chi connectivity index (χ1n) is 46.1. The van der Waals surface area contributed by atoms with Crippen LogP contribution in [0.5, 0.6) is 0 Å². The Bertz CT molecular complexity index is 7830. The van der Waals surface area contributed by atoms with Gasteiger partial charge in [-0.25, -0.2) is 0 Å². The van der Waals surface area contributed by atoms with Crippen molar-refractivity contribution in [3.8, 4) is 122 Å². The summed E-state index contributed by atoms with van der Waals surface area (Å²) in [6, 6.07) is 180. The number of nitrogens with two attached hydrogens (primary N) is 2. The van der Waals surface area contributed by atoms with Gasteiger partial charge in [0.25, 0.3) is 0 Å². The van der Waals surface area contributed by atoms with Crippen molar-refractivity contribution in [3.05, 3.63) is 530 Å². The molecule has 22 aromatic rings. The van der Waals surface area contributed by atoms with Gasteiger partial charge in [0.05, 0.1) is 12.1 Å². The van der Waals surface area contributed by atoms with Crippen LogP contribution < -0.4 is 31.9 Å². The minimum Gasteiger partial charge on any atom is -0.398 e. The fourth-order valence-electron chi connectivity index (χ4n) is 21.0. The Morgan fingerprint density at radius 3 is 0.785 bits per heavy atom. The second-order valence-electron chi connectivity index (χ2n) is 34.5. The summed E-state index contributed by atoms with van der Waals surface area (Å²) in [5.41, 5.74) is 55.6. The van der Waals surface area contributed by atoms with E-state index in [4.69, 9.17) is 11.5 Å². The van der Waals surface area contributed by atoms with Gasteiger partial charge in [-0.1, -0.05) is 453 Å². The number of fused-ring (bicyclic) bond motifs is 27. The van der Waals surface area contributed by atoms with Gasteiger partial charge in [0.2, 0.25) is 0 Å². The quantitative estimate of drug-likeness (QED) is 0.0966. The maximum absolute atomic E-state index is 6.20. The lowest BCUT2D eigenvalue weighted by Gasteiger charge is -2.46. The molecule has 4 aliphatic rings. The van der Waals surface area contributed by atoms with Gasteiger partial charge < -0.3 is 31.9 Å². The molecule has 0 amide bonds. The molecule has 4 heterocycles. The molecule has 6 N–H and O–H groups in total. The number of nitrogens with one attached hydrogen (secondary N) is 2. The third-order valence-corrected chi connectivity index (χ3v) is 27.6. The van der Waals surface area contributed by atoms with E-state index in [-0.39, 0.29) is 12.1 Å². The highest BCUT2D eigenvalue weighted by Gasteiger charge is 2.43. The van der Waals surface area contributed by atoms with Crippen LogP contribution in [0, 0.1) is 0 Å². The third-order valence-electron chi connectivity index (χ3n) is 27.0. The van der Waals surface area contributed by atoms with Gasteiger partial charge in [-0.15, -0.1) is 0 Å². The van der Waals surface area contributed by atoms with Crippen molar-refractivity contribution < 1.29 is 0 Å². The first-order valence-corrected chi connectivity index (χ1v) is 46.9. The molecule has 7 heteroatoms. The number of halogens is 1. The summed E-state index contributed by atoms with van der Waals surface area (Å²) in [7, 11) is 0. The van der Waals surface area contributed by atoms with Crippen molar-refractivity contribution >= 4 is 105 Å². The highest BCUT2D eigenvalue weighted by atomic mass is 79.9. The van der Waals surface area contributed by atoms with E-state index >= 15 is 0 Å². The number of hydrogen-bond acceptors (Lipinski definition) is 6. The largest absolute Gasteiger partial charge is 0.398 e. The molecule has 4 aliphatic heterocycles. The van der Waals surface area contributed by atoms with Crippen LogP contribution >= 0.6 is 15.9 Å². The molecule has 640 valence electrons. The van der Waals surface area contributed by atoms with E-state index in [0.717, 1.165) is 72.0 Å². The summed E-state index contributed by atoms with van der Waals surface area (Å²) in [5, 5.41) is 15.0. The second kappa shape index (κ2) is 36.0. The molecule has 0 saturated carbocycles. The molecule has 26 rings (SSSR count). The number of benzene rings is 22. The number of nitrogen functional groups attached to an aromatic ring is 2. The topological polar surface area (TPSA) is 82.6 Å². The van der Waals surface area contributed by atoms with Gasteiger partial charge in [-0.2, -0.15) is 0 Å². The minimum atomic E-state index is 0.0796. The molecule has 0 fully saturated rings. The summed E-state index contributed by atoms with van der Waals surface area (Å²) in [6.07, 6.45) is 0. The zero-order valence-corrected chi connectivity index (χ0v) is 75.6. The summed E-state index contributed by atoms with van der Waals surface area (Å²) in [6.45, 7) is 0. The fourth-order valence-corrected chi connectivity index (χ4v) is 21.5. The average Bonchev–Trinajstić information content (AvgIpc) is 0.729. The van der Waals surface area contributed by atoms with Crippen LogP contribution in [0.2, 0.25) is 0 Å². The van der Waals surface area contributed by atoms with Gasteiger partial charge in [0.1, 0.15) is 0 Å². The maximum Gasteiger partial charge on any atom is 0.0857 e. The number of para-hydroxylation sites is 10. The molecular weight excluding hydrogens is 1700 g/mol. The van der Waals surface area contributed by atoms with E-state index in [1.807, 2.05) is 54.6 Å². The normalized spacial score (nSPS) is 13.0. The molecule has 0 saturated heterocycles. The zero-order valence-electron chi connectivity index (χ0n) is 74.0. The molecule has 6 nitrogen and oxygen atoms in total. The fraction of sp³-hybridized carbons (Fsp3) is 0.0156. The summed E-state index contributed by atoms with van der Waals surface area (Å²) in [4.78, 5) is 5.17. The van der Waals surface area contributed by atoms with E-state index in [0.29, 0.717) is 0 Å². The molecule has 0 radical (unpaired) electrons. The van der Waals surface area contributed by atoms with E-state index < -0.39 is 0 Å². The summed E-state index contributed by atoms with van der Waals surface area (Å²) < 4.78 is 1.14. The predicted molar refractivity (Wildman–Crippen MR) is 575 cm³/mol. The predicted octanol–water partition coefficient (Wildman–Crippen LogP) is 35.1. The van der Waals surface area contributed by atoms with Crippen LogP contribution in [-0.2, 0) is 0 Å². The summed E-state index contributed by atoms with van der Waals surface area (Å²) in [5.74, 6) is 0. The van der Waals surface area contributed by atoms with Crippen molar-refractivity contribution in [2.24, 2.45) is 0 Å². The molecule has 2 unspecified atom stereocenters. The lowest BCUT2D eigenvalue weighted by Crippen LogP contribution is -2.33. The Morgan fingerprint density at radius 2 is 0.422 bits per heavy atom. The van der Waals surface area contributed by atoms with Gasteiger partial charge in [0.15, 0.2) is 0 Å². The zero-order chi connectivity index (χ0) is 90.2. The van der Waals surface area contributed by atoms with Crippen LogP contribution in [0.25, 0.3) is 155 Å². The van der Waals surface area contributed by atoms with Gasteiger partial charge >= 0.3 is 0 Å². The van der Waals surface area contributed by atoms with Gasteiger partial charge in [-0.05, 0) is 188 Å². The SMILES string of the molecule is Brc1ccccc1-c1ccccc1.Nc1ccccc1-c1cccc2c(-c3ccccc3N)cccc12.c1ccc(-c2ccccc2Nc2ccccc2-c2cccc3c(-c4ccccc4Nc4ccccc4-c4ccccc4)cccc23)cc1.c1ccc2c(c1)-c1ccccc1N1c3ccccc3-c3c(ccc4c5c(ccc34)C3c4ccccc4-c4ccccc4N3c3ccccc3-5)C21. The number of anilines is 10. The van der Waals surface area contributed by atoms with E-state index in [1.165, 1.54) is 166 Å². The Hall–Kier alpha value is -17.1. The van der Waals surface area contributed by atoms with Crippen molar-refractivity contribution in [3.63, 3.8) is 0 Å². The van der Waals surface area contributed by atoms with Crippen LogP contribution in [0.1, 0.15) is 34.3 Å². The van der Waals surface area contributed by atoms with Crippen molar-refractivity contribution in [2.75, 3.05) is 31.9 Å². The van der Waals surface area contributed by atoms with Crippen molar-refractivity contribution in [1.29, 1.82) is 0 Å². The number of nitrogens with zero attached hydrogens (tertiary/aromatic N) is 2. The maximum atomic E-state index is 6.20. The third kappa shape index (κ3) is 15.1. The highest BCUT2D eigenvalue weighted by Crippen LogP contribution is 2.62. The second-order valence-corrected chi connectivity index (χ2v) is 35.4.